The molecule has 0 fully saturated rings. The molecule has 0 spiro atoms. The quantitative estimate of drug-likeness (QED) is 0.477. The third-order valence-electron chi connectivity index (χ3n) is 2.48. The summed E-state index contributed by atoms with van der Waals surface area (Å²) in [6, 6.07) is 3.97. The minimum absolute atomic E-state index is 0.0211. The summed E-state index contributed by atoms with van der Waals surface area (Å²) < 4.78 is 43.4. The minimum atomic E-state index is -4.44. The van der Waals surface area contributed by atoms with Crippen LogP contribution in [0.1, 0.15) is 24.2 Å². The van der Waals surface area contributed by atoms with Crippen molar-refractivity contribution in [1.82, 2.24) is 0 Å². The van der Waals surface area contributed by atoms with Crippen molar-refractivity contribution in [3.8, 4) is 0 Å². The van der Waals surface area contributed by atoms with E-state index in [1.165, 1.54) is 4.08 Å². The molecule has 0 heterocycles. The van der Waals surface area contributed by atoms with Crippen LogP contribution < -0.4 is 0 Å². The second-order valence-electron chi connectivity index (χ2n) is 3.81. The molecule has 0 bridgehead atoms. The summed E-state index contributed by atoms with van der Waals surface area (Å²) in [4.78, 5) is 11.6. The number of rotatable bonds is 4. The first kappa shape index (κ1) is 17.0. The van der Waals surface area contributed by atoms with Gasteiger partial charge in [0.05, 0.1) is 17.7 Å². The zero-order valence-corrected chi connectivity index (χ0v) is 12.6. The third-order valence-corrected chi connectivity index (χ3v) is 3.15. The van der Waals surface area contributed by atoms with Gasteiger partial charge in [-0.15, -0.1) is 0 Å². The minimum Gasteiger partial charge on any atom is -0.463 e. The highest BCUT2D eigenvalue weighted by Gasteiger charge is 2.30. The Bertz CT molecular complexity index is 495. The van der Waals surface area contributed by atoms with Gasteiger partial charge in [0.1, 0.15) is 6.10 Å². The van der Waals surface area contributed by atoms with E-state index < -0.39 is 23.8 Å². The molecule has 0 aromatic heterocycles. The summed E-state index contributed by atoms with van der Waals surface area (Å²) >= 11 is 1.76. The van der Waals surface area contributed by atoms with Crippen LogP contribution in [0.5, 0.6) is 0 Å². The van der Waals surface area contributed by atoms with Gasteiger partial charge in [0.2, 0.25) is 0 Å². The van der Waals surface area contributed by atoms with E-state index in [9.17, 15) is 23.1 Å². The van der Waals surface area contributed by atoms with Crippen molar-refractivity contribution in [2.45, 2.75) is 19.2 Å². The maximum Gasteiger partial charge on any atom is 0.416 e. The molecule has 0 saturated heterocycles. The topological polar surface area (TPSA) is 46.5 Å². The molecule has 1 aromatic rings. The summed E-state index contributed by atoms with van der Waals surface area (Å²) in [6.45, 7) is 1.76. The van der Waals surface area contributed by atoms with Gasteiger partial charge in [-0.1, -0.05) is 34.7 Å². The van der Waals surface area contributed by atoms with Crippen LogP contribution >= 0.6 is 22.6 Å². The molecule has 1 N–H and O–H groups in total. The number of aliphatic hydroxyl groups is 1. The molecule has 110 valence electrons. The monoisotopic (exact) mass is 400 g/mol. The van der Waals surface area contributed by atoms with Gasteiger partial charge >= 0.3 is 12.1 Å². The van der Waals surface area contributed by atoms with Gasteiger partial charge in [-0.2, -0.15) is 13.2 Å². The first-order chi connectivity index (χ1) is 9.31. The second kappa shape index (κ2) is 7.07. The number of aliphatic hydroxyl groups excluding tert-OH is 1. The van der Waals surface area contributed by atoms with Crippen LogP contribution in [0, 0.1) is 0 Å². The summed E-state index contributed by atoms with van der Waals surface area (Å²) in [7, 11) is 0. The fourth-order valence-corrected chi connectivity index (χ4v) is 2.06. The Balaban J connectivity index is 2.97. The molecule has 0 saturated carbocycles. The molecule has 0 aliphatic heterocycles. The van der Waals surface area contributed by atoms with Crippen molar-refractivity contribution in [2.75, 3.05) is 6.61 Å². The lowest BCUT2D eigenvalue weighted by Gasteiger charge is -2.14. The number of hydrogen-bond acceptors (Lipinski definition) is 3. The normalized spacial score (nSPS) is 14.0. The zero-order valence-electron chi connectivity index (χ0n) is 10.4. The van der Waals surface area contributed by atoms with Crippen LogP contribution in [0.15, 0.2) is 33.9 Å². The Morgan fingerprint density at radius 3 is 2.35 bits per heavy atom. The van der Waals surface area contributed by atoms with E-state index in [1.807, 2.05) is 0 Å². The molecule has 1 rings (SSSR count). The van der Waals surface area contributed by atoms with Crippen molar-refractivity contribution in [1.29, 1.82) is 0 Å². The number of ether oxygens (including phenoxy) is 1. The second-order valence-corrected chi connectivity index (χ2v) is 4.43. The fraction of sp³-hybridized carbons (Fsp3) is 0.308. The average molecular weight is 400 g/mol. The molecule has 0 unspecified atom stereocenters. The van der Waals surface area contributed by atoms with Gasteiger partial charge in [0.25, 0.3) is 0 Å². The van der Waals surface area contributed by atoms with Gasteiger partial charge in [0, 0.05) is 0 Å². The van der Waals surface area contributed by atoms with E-state index in [4.69, 9.17) is 4.74 Å². The number of halogens is 4. The molecule has 0 aliphatic rings. The highest BCUT2D eigenvalue weighted by molar-refractivity contribution is 14.1. The lowest BCUT2D eigenvalue weighted by Crippen LogP contribution is -2.14. The number of alkyl halides is 3. The maximum atomic E-state index is 12.4. The Kier molecular flexibility index (Phi) is 6.00. The zero-order chi connectivity index (χ0) is 15.3. The van der Waals surface area contributed by atoms with E-state index in [-0.39, 0.29) is 17.7 Å². The van der Waals surface area contributed by atoms with E-state index in [2.05, 4.69) is 0 Å². The van der Waals surface area contributed by atoms with E-state index in [1.54, 1.807) is 29.5 Å². The summed E-state index contributed by atoms with van der Waals surface area (Å²) in [5, 5.41) is 10.0. The first-order valence-electron chi connectivity index (χ1n) is 5.63. The van der Waals surface area contributed by atoms with Gasteiger partial charge < -0.3 is 9.84 Å². The lowest BCUT2D eigenvalue weighted by molar-refractivity contribution is -0.140. The highest BCUT2D eigenvalue weighted by atomic mass is 127. The molecule has 7 heteroatoms. The lowest BCUT2D eigenvalue weighted by atomic mass is 10.0. The van der Waals surface area contributed by atoms with Crippen LogP contribution in [-0.4, -0.2) is 17.7 Å². The molecular formula is C13H12F3IO3. The molecule has 0 radical (unpaired) electrons. The molecule has 1 atom stereocenters. The average Bonchev–Trinajstić information content (AvgIpc) is 2.39. The highest BCUT2D eigenvalue weighted by Crippen LogP contribution is 2.31. The molecule has 0 aliphatic carbocycles. The van der Waals surface area contributed by atoms with Gasteiger partial charge in [-0.3, -0.25) is 0 Å². The van der Waals surface area contributed by atoms with Crippen LogP contribution in [0.4, 0.5) is 13.2 Å². The Labute approximate surface area is 127 Å². The number of carbonyl (C=O) groups is 1. The first-order valence-corrected chi connectivity index (χ1v) is 6.88. The number of carbonyl (C=O) groups excluding carboxylic acids is 1. The molecule has 3 nitrogen and oxygen atoms in total. The van der Waals surface area contributed by atoms with Crippen molar-refractivity contribution in [3.05, 3.63) is 45.0 Å². The van der Waals surface area contributed by atoms with E-state index in [0.717, 1.165) is 24.3 Å². The third kappa shape index (κ3) is 4.20. The van der Waals surface area contributed by atoms with Gasteiger partial charge in [-0.25, -0.2) is 4.79 Å². The van der Waals surface area contributed by atoms with Crippen LogP contribution in [0.25, 0.3) is 0 Å². The van der Waals surface area contributed by atoms with Crippen molar-refractivity contribution >= 4 is 28.6 Å². The largest absolute Gasteiger partial charge is 0.463 e. The van der Waals surface area contributed by atoms with Gasteiger partial charge in [-0.05, 0) is 28.7 Å². The van der Waals surface area contributed by atoms with Crippen LogP contribution in [0.2, 0.25) is 0 Å². The standard InChI is InChI=1S/C13H12F3IO3/c1-2-20-12(19)10(7-17)11(18)8-3-5-9(6-4-8)13(14,15)16/h3-7,11,18H,2H2,1H3/b10-7-/t11-/m1/s1. The van der Waals surface area contributed by atoms with Crippen molar-refractivity contribution in [3.63, 3.8) is 0 Å². The smallest absolute Gasteiger partial charge is 0.416 e. The van der Waals surface area contributed by atoms with Crippen molar-refractivity contribution in [2.24, 2.45) is 0 Å². The maximum absolute atomic E-state index is 12.4. The summed E-state index contributed by atoms with van der Waals surface area (Å²) in [5.41, 5.74) is -0.647. The number of esters is 1. The Morgan fingerprint density at radius 1 is 1.40 bits per heavy atom. The van der Waals surface area contributed by atoms with E-state index >= 15 is 0 Å². The number of benzene rings is 1. The number of hydrogen-bond donors (Lipinski definition) is 1. The van der Waals surface area contributed by atoms with E-state index in [0.29, 0.717) is 0 Å². The Hall–Kier alpha value is -1.09. The summed E-state index contributed by atoms with van der Waals surface area (Å²) in [6.07, 6.45) is -5.76. The molecule has 1 aromatic carbocycles. The fourth-order valence-electron chi connectivity index (χ4n) is 1.46. The van der Waals surface area contributed by atoms with Gasteiger partial charge in [0.15, 0.2) is 0 Å². The SMILES string of the molecule is CCOC(=O)/C(=C\I)[C@H](O)c1ccc(C(F)(F)F)cc1. The summed E-state index contributed by atoms with van der Waals surface area (Å²) in [5.74, 6) is -0.700. The predicted molar refractivity (Wildman–Crippen MR) is 75.1 cm³/mol. The molecule has 0 amide bonds. The molecule has 20 heavy (non-hydrogen) atoms. The van der Waals surface area contributed by atoms with Crippen LogP contribution in [-0.2, 0) is 15.7 Å². The van der Waals surface area contributed by atoms with Crippen molar-refractivity contribution < 1.29 is 27.8 Å². The Morgan fingerprint density at radius 2 is 1.95 bits per heavy atom. The molecular weight excluding hydrogens is 388 g/mol. The van der Waals surface area contributed by atoms with Crippen LogP contribution in [0.3, 0.4) is 0 Å². The predicted octanol–water partition coefficient (Wildman–Crippen LogP) is 3.62.